The summed E-state index contributed by atoms with van der Waals surface area (Å²) in [6.45, 7) is 4.23. The molecule has 3 aromatic rings. The van der Waals surface area contributed by atoms with Crippen LogP contribution in [0.4, 0.5) is 5.82 Å². The zero-order valence-electron chi connectivity index (χ0n) is 16.2. The van der Waals surface area contributed by atoms with Gasteiger partial charge in [-0.2, -0.15) is 9.61 Å². The summed E-state index contributed by atoms with van der Waals surface area (Å²) in [6, 6.07) is 6.48. The highest BCUT2D eigenvalue weighted by molar-refractivity contribution is 5.80. The number of hydrogen-bond acceptors (Lipinski definition) is 7. The van der Waals surface area contributed by atoms with Gasteiger partial charge in [-0.1, -0.05) is 0 Å². The fraction of sp³-hybridized carbons (Fsp3) is 0.474. The van der Waals surface area contributed by atoms with Crippen molar-refractivity contribution in [2.75, 3.05) is 31.1 Å². The number of nitrogens with zero attached hydrogens (tertiary/aromatic N) is 8. The van der Waals surface area contributed by atoms with Crippen molar-refractivity contribution < 1.29 is 4.79 Å². The first kappa shape index (κ1) is 17.8. The topological polar surface area (TPSA) is 102 Å². The fourth-order valence-electron chi connectivity index (χ4n) is 3.73. The summed E-state index contributed by atoms with van der Waals surface area (Å²) < 4.78 is 2.98. The van der Waals surface area contributed by atoms with Crippen LogP contribution in [0.2, 0.25) is 0 Å². The van der Waals surface area contributed by atoms with Crippen LogP contribution in [-0.2, 0) is 4.79 Å². The first-order chi connectivity index (χ1) is 14.1. The van der Waals surface area contributed by atoms with Gasteiger partial charge in [0.2, 0.25) is 5.91 Å². The van der Waals surface area contributed by atoms with Crippen LogP contribution < -0.4 is 10.5 Å². The van der Waals surface area contributed by atoms with Crippen molar-refractivity contribution in [3.05, 3.63) is 46.6 Å². The van der Waals surface area contributed by atoms with Crippen LogP contribution in [0.1, 0.15) is 37.4 Å². The molecule has 1 saturated carbocycles. The third kappa shape index (κ3) is 3.34. The van der Waals surface area contributed by atoms with Gasteiger partial charge in [-0.05, 0) is 38.0 Å². The Balaban J connectivity index is 1.27. The van der Waals surface area contributed by atoms with E-state index in [1.807, 2.05) is 12.1 Å². The average Bonchev–Trinajstić information content (AvgIpc) is 3.50. The van der Waals surface area contributed by atoms with E-state index in [9.17, 15) is 9.59 Å². The zero-order valence-corrected chi connectivity index (χ0v) is 16.2. The normalized spacial score (nSPS) is 18.2. The van der Waals surface area contributed by atoms with E-state index in [0.29, 0.717) is 37.7 Å². The van der Waals surface area contributed by atoms with Crippen molar-refractivity contribution in [3.63, 3.8) is 0 Å². The summed E-state index contributed by atoms with van der Waals surface area (Å²) >= 11 is 0. The first-order valence-corrected chi connectivity index (χ1v) is 9.91. The van der Waals surface area contributed by atoms with Crippen LogP contribution >= 0.6 is 0 Å². The van der Waals surface area contributed by atoms with E-state index in [-0.39, 0.29) is 11.5 Å². The molecule has 3 aromatic heterocycles. The molecule has 0 spiro atoms. The molecule has 1 unspecified atom stereocenters. The minimum absolute atomic E-state index is 0.0746. The highest BCUT2D eigenvalue weighted by Gasteiger charge is 2.30. The summed E-state index contributed by atoms with van der Waals surface area (Å²) in [5.41, 5.74) is 1.37. The Morgan fingerprint density at radius 1 is 1.07 bits per heavy atom. The highest BCUT2D eigenvalue weighted by Crippen LogP contribution is 2.38. The molecule has 1 amide bonds. The lowest BCUT2D eigenvalue weighted by molar-refractivity contribution is -0.135. The van der Waals surface area contributed by atoms with Gasteiger partial charge in [-0.3, -0.25) is 9.59 Å². The van der Waals surface area contributed by atoms with E-state index >= 15 is 0 Å². The van der Waals surface area contributed by atoms with Crippen molar-refractivity contribution in [3.8, 4) is 0 Å². The fourth-order valence-corrected chi connectivity index (χ4v) is 3.73. The number of carbonyl (C=O) groups is 1. The Bertz CT molecular complexity index is 1110. The van der Waals surface area contributed by atoms with E-state index in [1.165, 1.54) is 10.7 Å². The summed E-state index contributed by atoms with van der Waals surface area (Å²) in [6.07, 6.45) is 3.77. The molecule has 1 aliphatic carbocycles. The van der Waals surface area contributed by atoms with Gasteiger partial charge in [0.15, 0.2) is 5.65 Å². The van der Waals surface area contributed by atoms with Gasteiger partial charge < -0.3 is 9.80 Å². The van der Waals surface area contributed by atoms with Gasteiger partial charge in [0.25, 0.3) is 5.56 Å². The Morgan fingerprint density at radius 2 is 1.86 bits per heavy atom. The van der Waals surface area contributed by atoms with Crippen LogP contribution in [-0.4, -0.2) is 66.6 Å². The number of carbonyl (C=O) groups excluding carboxylic acids is 1. The van der Waals surface area contributed by atoms with E-state index in [4.69, 9.17) is 0 Å². The molecule has 0 radical (unpaired) electrons. The molecular formula is C19H22N8O2. The van der Waals surface area contributed by atoms with Crippen molar-refractivity contribution in [2.45, 2.75) is 31.7 Å². The number of aromatic nitrogens is 6. The van der Waals surface area contributed by atoms with Crippen LogP contribution in [0.3, 0.4) is 0 Å². The second-order valence-electron chi connectivity index (χ2n) is 7.63. The van der Waals surface area contributed by atoms with Crippen LogP contribution in [0, 0.1) is 0 Å². The number of fused-ring (bicyclic) bond motifs is 1. The second kappa shape index (κ2) is 6.94. The molecule has 10 nitrogen and oxygen atoms in total. The lowest BCUT2D eigenvalue weighted by Gasteiger charge is -2.36. The van der Waals surface area contributed by atoms with Crippen molar-refractivity contribution in [1.82, 2.24) is 34.5 Å². The standard InChI is InChI=1S/C19H22N8O2/c1-13(27-18(28)7-4-15(22-27)14-2-3-14)19(29)25-10-8-24(9-11-25)17-6-5-16-21-20-12-26(16)23-17/h4-7,12-14H,2-3,8-11H2,1H3. The van der Waals surface area contributed by atoms with Crippen LogP contribution in [0.5, 0.6) is 0 Å². The molecule has 1 aliphatic heterocycles. The third-order valence-electron chi connectivity index (χ3n) is 5.63. The molecule has 10 heteroatoms. The maximum Gasteiger partial charge on any atom is 0.267 e. The summed E-state index contributed by atoms with van der Waals surface area (Å²) in [7, 11) is 0. The minimum atomic E-state index is -0.612. The van der Waals surface area contributed by atoms with E-state index < -0.39 is 6.04 Å². The Morgan fingerprint density at radius 3 is 2.62 bits per heavy atom. The summed E-state index contributed by atoms with van der Waals surface area (Å²) in [4.78, 5) is 29.2. The SMILES string of the molecule is CC(C(=O)N1CCN(c2ccc3nncn3n2)CC1)n1nc(C2CC2)ccc1=O. The predicted molar refractivity (Wildman–Crippen MR) is 105 cm³/mol. The van der Waals surface area contributed by atoms with Gasteiger partial charge in [-0.25, -0.2) is 4.68 Å². The quantitative estimate of drug-likeness (QED) is 0.634. The third-order valence-corrected chi connectivity index (χ3v) is 5.63. The number of piperazine rings is 1. The smallest absolute Gasteiger partial charge is 0.267 e. The molecule has 4 heterocycles. The lowest BCUT2D eigenvalue weighted by Crippen LogP contribution is -2.51. The minimum Gasteiger partial charge on any atom is -0.352 e. The molecular weight excluding hydrogens is 372 g/mol. The summed E-state index contributed by atoms with van der Waals surface area (Å²) in [5, 5.41) is 16.8. The van der Waals surface area contributed by atoms with Gasteiger partial charge in [0.05, 0.1) is 5.69 Å². The van der Waals surface area contributed by atoms with Gasteiger partial charge in [-0.15, -0.1) is 15.3 Å². The Kier molecular flexibility index (Phi) is 4.26. The largest absolute Gasteiger partial charge is 0.352 e. The molecule has 29 heavy (non-hydrogen) atoms. The van der Waals surface area contributed by atoms with Crippen molar-refractivity contribution in [2.24, 2.45) is 0 Å². The first-order valence-electron chi connectivity index (χ1n) is 9.91. The molecule has 5 rings (SSSR count). The number of hydrogen-bond donors (Lipinski definition) is 0. The number of amides is 1. The monoisotopic (exact) mass is 394 g/mol. The molecule has 2 aliphatic rings. The van der Waals surface area contributed by atoms with Gasteiger partial charge >= 0.3 is 0 Å². The molecule has 0 aromatic carbocycles. The Labute approximate surface area is 166 Å². The molecule has 1 atom stereocenters. The molecule has 1 saturated heterocycles. The van der Waals surface area contributed by atoms with Crippen molar-refractivity contribution in [1.29, 1.82) is 0 Å². The maximum absolute atomic E-state index is 13.0. The van der Waals surface area contributed by atoms with Gasteiger partial charge in [0.1, 0.15) is 18.2 Å². The summed E-state index contributed by atoms with van der Waals surface area (Å²) in [5.74, 6) is 1.19. The molecule has 150 valence electrons. The Hall–Kier alpha value is -3.30. The van der Waals surface area contributed by atoms with Gasteiger partial charge in [0, 0.05) is 38.2 Å². The zero-order chi connectivity index (χ0) is 20.0. The number of anilines is 1. The average molecular weight is 394 g/mol. The predicted octanol–water partition coefficient (Wildman–Crippen LogP) is 0.468. The molecule has 0 bridgehead atoms. The number of rotatable bonds is 4. The van der Waals surface area contributed by atoms with E-state index in [2.05, 4.69) is 25.3 Å². The molecule has 0 N–H and O–H groups in total. The van der Waals surface area contributed by atoms with E-state index in [0.717, 1.165) is 24.4 Å². The maximum atomic E-state index is 13.0. The highest BCUT2D eigenvalue weighted by atomic mass is 16.2. The second-order valence-corrected chi connectivity index (χ2v) is 7.63. The van der Waals surface area contributed by atoms with E-state index in [1.54, 1.807) is 28.7 Å². The lowest BCUT2D eigenvalue weighted by atomic mass is 10.2. The van der Waals surface area contributed by atoms with Crippen LogP contribution in [0.15, 0.2) is 35.4 Å². The molecule has 2 fully saturated rings. The van der Waals surface area contributed by atoms with Crippen LogP contribution in [0.25, 0.3) is 5.65 Å². The van der Waals surface area contributed by atoms with Crippen molar-refractivity contribution >= 4 is 17.4 Å².